The zero-order valence-electron chi connectivity index (χ0n) is 9.52. The van der Waals surface area contributed by atoms with Crippen molar-refractivity contribution in [3.8, 4) is 0 Å². The molecule has 1 aliphatic carbocycles. The second-order valence-electron chi connectivity index (χ2n) is 4.38. The molecule has 16 heavy (non-hydrogen) atoms. The van der Waals surface area contributed by atoms with E-state index in [0.29, 0.717) is 18.5 Å². The van der Waals surface area contributed by atoms with Crippen molar-refractivity contribution >= 4 is 5.91 Å². The van der Waals surface area contributed by atoms with Gasteiger partial charge < -0.3 is 15.0 Å². The maximum atomic E-state index is 11.9. The molecule has 1 aromatic rings. The van der Waals surface area contributed by atoms with E-state index in [1.165, 1.54) is 0 Å². The number of aliphatic hydroxyl groups is 1. The molecule has 0 atom stereocenters. The summed E-state index contributed by atoms with van der Waals surface area (Å²) in [6.07, 6.45) is 4.07. The van der Waals surface area contributed by atoms with Gasteiger partial charge in [-0.15, -0.1) is 0 Å². The van der Waals surface area contributed by atoms with E-state index < -0.39 is 0 Å². The summed E-state index contributed by atoms with van der Waals surface area (Å²) < 4.78 is 1.96. The standard InChI is InChI=1S/C12H18N2O2/c1-2-5-14-6-3-4-11(14)12(16)13-9-7-10(15)8-9/h3-4,6,9-10,15H,2,5,7-8H2,1H3,(H,13,16). The van der Waals surface area contributed by atoms with Crippen molar-refractivity contribution in [3.05, 3.63) is 24.0 Å². The summed E-state index contributed by atoms with van der Waals surface area (Å²) in [7, 11) is 0. The van der Waals surface area contributed by atoms with Gasteiger partial charge in [0.1, 0.15) is 5.69 Å². The highest BCUT2D eigenvalue weighted by Crippen LogP contribution is 2.19. The van der Waals surface area contributed by atoms with E-state index in [9.17, 15) is 4.79 Å². The van der Waals surface area contributed by atoms with Crippen LogP contribution in [-0.4, -0.2) is 27.7 Å². The number of hydrogen-bond donors (Lipinski definition) is 2. The molecule has 4 nitrogen and oxygen atoms in total. The van der Waals surface area contributed by atoms with Gasteiger partial charge in [-0.1, -0.05) is 6.92 Å². The number of nitrogens with zero attached hydrogens (tertiary/aromatic N) is 1. The molecule has 88 valence electrons. The molecule has 0 aliphatic heterocycles. The summed E-state index contributed by atoms with van der Waals surface area (Å²) in [5, 5.41) is 12.1. The van der Waals surface area contributed by atoms with Gasteiger partial charge >= 0.3 is 0 Å². The van der Waals surface area contributed by atoms with Crippen molar-refractivity contribution in [2.45, 2.75) is 44.9 Å². The van der Waals surface area contributed by atoms with E-state index in [1.807, 2.05) is 22.9 Å². The predicted octanol–water partition coefficient (Wildman–Crippen LogP) is 1.15. The van der Waals surface area contributed by atoms with Gasteiger partial charge in [-0.3, -0.25) is 4.79 Å². The fraction of sp³-hybridized carbons (Fsp3) is 0.583. The highest BCUT2D eigenvalue weighted by Gasteiger charge is 2.29. The van der Waals surface area contributed by atoms with Crippen molar-refractivity contribution in [1.29, 1.82) is 0 Å². The minimum absolute atomic E-state index is 0.0321. The highest BCUT2D eigenvalue weighted by atomic mass is 16.3. The second-order valence-corrected chi connectivity index (χ2v) is 4.38. The van der Waals surface area contributed by atoms with Crippen LogP contribution in [0, 0.1) is 0 Å². The quantitative estimate of drug-likeness (QED) is 0.803. The van der Waals surface area contributed by atoms with E-state index in [4.69, 9.17) is 5.11 Å². The summed E-state index contributed by atoms with van der Waals surface area (Å²) in [5.41, 5.74) is 0.711. The molecule has 2 N–H and O–H groups in total. The van der Waals surface area contributed by atoms with Crippen molar-refractivity contribution in [2.75, 3.05) is 0 Å². The Bertz CT molecular complexity index is 367. The minimum Gasteiger partial charge on any atom is -0.393 e. The van der Waals surface area contributed by atoms with Gasteiger partial charge in [0, 0.05) is 18.8 Å². The van der Waals surface area contributed by atoms with E-state index in [1.54, 1.807) is 0 Å². The third-order valence-corrected chi connectivity index (χ3v) is 2.98. The Hall–Kier alpha value is -1.29. The molecule has 1 aromatic heterocycles. The van der Waals surface area contributed by atoms with Crippen LogP contribution in [0.1, 0.15) is 36.7 Å². The number of nitrogens with one attached hydrogen (secondary N) is 1. The fourth-order valence-corrected chi connectivity index (χ4v) is 2.02. The molecule has 2 rings (SSSR count). The van der Waals surface area contributed by atoms with Crippen LogP contribution in [0.2, 0.25) is 0 Å². The number of hydrogen-bond acceptors (Lipinski definition) is 2. The Kier molecular flexibility index (Phi) is 3.29. The first-order chi connectivity index (χ1) is 7.70. The van der Waals surface area contributed by atoms with Crippen LogP contribution in [0.5, 0.6) is 0 Å². The van der Waals surface area contributed by atoms with Crippen LogP contribution in [0.15, 0.2) is 18.3 Å². The van der Waals surface area contributed by atoms with Crippen LogP contribution in [-0.2, 0) is 6.54 Å². The maximum Gasteiger partial charge on any atom is 0.268 e. The van der Waals surface area contributed by atoms with Crippen molar-refractivity contribution < 1.29 is 9.90 Å². The highest BCUT2D eigenvalue weighted by molar-refractivity contribution is 5.93. The molecule has 0 unspecified atom stereocenters. The molecule has 4 heteroatoms. The molecule has 1 heterocycles. The number of carbonyl (C=O) groups is 1. The molecule has 1 saturated carbocycles. The van der Waals surface area contributed by atoms with Gasteiger partial charge in [-0.05, 0) is 31.4 Å². The van der Waals surface area contributed by atoms with E-state index in [2.05, 4.69) is 12.2 Å². The van der Waals surface area contributed by atoms with E-state index >= 15 is 0 Å². The van der Waals surface area contributed by atoms with Gasteiger partial charge in [0.25, 0.3) is 5.91 Å². The summed E-state index contributed by atoms with van der Waals surface area (Å²) in [6, 6.07) is 3.87. The van der Waals surface area contributed by atoms with Crippen molar-refractivity contribution in [3.63, 3.8) is 0 Å². The van der Waals surface area contributed by atoms with Crippen LogP contribution >= 0.6 is 0 Å². The Morgan fingerprint density at radius 1 is 1.62 bits per heavy atom. The average molecular weight is 222 g/mol. The smallest absolute Gasteiger partial charge is 0.268 e. The first-order valence-corrected chi connectivity index (χ1v) is 5.84. The van der Waals surface area contributed by atoms with E-state index in [-0.39, 0.29) is 18.1 Å². The lowest BCUT2D eigenvalue weighted by Gasteiger charge is -2.31. The largest absolute Gasteiger partial charge is 0.393 e. The zero-order chi connectivity index (χ0) is 11.5. The topological polar surface area (TPSA) is 54.3 Å². The molecule has 1 aliphatic rings. The number of rotatable bonds is 4. The first-order valence-electron chi connectivity index (χ1n) is 5.84. The average Bonchev–Trinajstić information content (AvgIpc) is 2.64. The number of carbonyl (C=O) groups excluding carboxylic acids is 1. The van der Waals surface area contributed by atoms with E-state index in [0.717, 1.165) is 13.0 Å². The SMILES string of the molecule is CCCn1cccc1C(=O)NC1CC(O)C1. The minimum atomic E-state index is -0.229. The summed E-state index contributed by atoms with van der Waals surface area (Å²) >= 11 is 0. The second kappa shape index (κ2) is 4.70. The van der Waals surface area contributed by atoms with Gasteiger partial charge in [-0.2, -0.15) is 0 Å². The third-order valence-electron chi connectivity index (χ3n) is 2.98. The van der Waals surface area contributed by atoms with Gasteiger partial charge in [0.05, 0.1) is 6.10 Å². The molecule has 0 spiro atoms. The molecular weight excluding hydrogens is 204 g/mol. The predicted molar refractivity (Wildman–Crippen MR) is 61.2 cm³/mol. The zero-order valence-corrected chi connectivity index (χ0v) is 9.52. The lowest BCUT2D eigenvalue weighted by Crippen LogP contribution is -2.47. The van der Waals surface area contributed by atoms with Crippen LogP contribution in [0.3, 0.4) is 0 Å². The maximum absolute atomic E-state index is 11.9. The Morgan fingerprint density at radius 3 is 3.00 bits per heavy atom. The van der Waals surface area contributed by atoms with Crippen LogP contribution in [0.25, 0.3) is 0 Å². The van der Waals surface area contributed by atoms with Gasteiger partial charge in [-0.25, -0.2) is 0 Å². The molecule has 0 bridgehead atoms. The molecule has 0 radical (unpaired) electrons. The molecule has 0 saturated heterocycles. The number of amides is 1. The van der Waals surface area contributed by atoms with Crippen LogP contribution in [0.4, 0.5) is 0 Å². The van der Waals surface area contributed by atoms with Crippen molar-refractivity contribution in [1.82, 2.24) is 9.88 Å². The Balaban J connectivity index is 1.95. The summed E-state index contributed by atoms with van der Waals surface area (Å²) in [5.74, 6) is -0.0321. The number of aromatic nitrogens is 1. The van der Waals surface area contributed by atoms with Crippen molar-refractivity contribution in [2.24, 2.45) is 0 Å². The molecular formula is C12H18N2O2. The Morgan fingerprint density at radius 2 is 2.38 bits per heavy atom. The first kappa shape index (κ1) is 11.2. The molecule has 1 fully saturated rings. The fourth-order valence-electron chi connectivity index (χ4n) is 2.02. The summed E-state index contributed by atoms with van der Waals surface area (Å²) in [6.45, 7) is 2.95. The number of aryl methyl sites for hydroxylation is 1. The number of aliphatic hydroxyl groups excluding tert-OH is 1. The molecule has 0 aromatic carbocycles. The lowest BCUT2D eigenvalue weighted by molar-refractivity contribution is 0.0559. The Labute approximate surface area is 95.3 Å². The lowest BCUT2D eigenvalue weighted by atomic mass is 9.89. The normalized spacial score (nSPS) is 23.9. The van der Waals surface area contributed by atoms with Gasteiger partial charge in [0.15, 0.2) is 0 Å². The van der Waals surface area contributed by atoms with Crippen LogP contribution < -0.4 is 5.32 Å². The monoisotopic (exact) mass is 222 g/mol. The summed E-state index contributed by atoms with van der Waals surface area (Å²) in [4.78, 5) is 11.9. The van der Waals surface area contributed by atoms with Gasteiger partial charge in [0.2, 0.25) is 0 Å². The third kappa shape index (κ3) is 2.27. The molecule has 1 amide bonds.